The van der Waals surface area contributed by atoms with Crippen LogP contribution in [0.5, 0.6) is 0 Å². The molecular formula is C13H19N3O3. The highest BCUT2D eigenvalue weighted by Gasteiger charge is 2.25. The van der Waals surface area contributed by atoms with E-state index in [9.17, 15) is 4.79 Å². The quantitative estimate of drug-likeness (QED) is 0.755. The maximum absolute atomic E-state index is 11.3. The molecule has 0 radical (unpaired) electrons. The second kappa shape index (κ2) is 5.97. The van der Waals surface area contributed by atoms with E-state index in [0.29, 0.717) is 13.2 Å². The van der Waals surface area contributed by atoms with Gasteiger partial charge in [0.25, 0.3) is 0 Å². The zero-order valence-electron chi connectivity index (χ0n) is 11.5. The number of aromatic nitrogens is 2. The molecule has 1 aliphatic heterocycles. The molecule has 2 heterocycles. The number of nitrogens with zero attached hydrogens (tertiary/aromatic N) is 3. The Bertz CT molecular complexity index is 464. The maximum atomic E-state index is 11.3. The topological polar surface area (TPSA) is 64.5 Å². The molecule has 1 aromatic rings. The van der Waals surface area contributed by atoms with Gasteiger partial charge in [0.05, 0.1) is 37.6 Å². The van der Waals surface area contributed by atoms with Crippen LogP contribution in [0.2, 0.25) is 0 Å². The lowest BCUT2D eigenvalue weighted by molar-refractivity contribution is -0.144. The Labute approximate surface area is 112 Å². The second-order valence-corrected chi connectivity index (χ2v) is 4.64. The Morgan fingerprint density at radius 2 is 2.37 bits per heavy atom. The highest BCUT2D eigenvalue weighted by atomic mass is 16.5. The first-order chi connectivity index (χ1) is 9.10. The van der Waals surface area contributed by atoms with Crippen LogP contribution >= 0.6 is 0 Å². The van der Waals surface area contributed by atoms with Crippen LogP contribution in [0, 0.1) is 13.8 Å². The van der Waals surface area contributed by atoms with Crippen LogP contribution in [-0.2, 0) is 14.3 Å². The number of ether oxygens (including phenoxy) is 2. The molecule has 0 saturated carbocycles. The minimum absolute atomic E-state index is 0.150. The van der Waals surface area contributed by atoms with Crippen molar-refractivity contribution in [2.24, 2.45) is 0 Å². The fourth-order valence-corrected chi connectivity index (χ4v) is 2.13. The molecule has 19 heavy (non-hydrogen) atoms. The number of morpholine rings is 1. The van der Waals surface area contributed by atoms with Gasteiger partial charge in [-0.2, -0.15) is 0 Å². The molecule has 1 aliphatic rings. The fraction of sp³-hybridized carbons (Fsp3) is 0.615. The predicted molar refractivity (Wildman–Crippen MR) is 70.1 cm³/mol. The molecule has 1 saturated heterocycles. The number of carbonyl (C=O) groups is 1. The second-order valence-electron chi connectivity index (χ2n) is 4.64. The van der Waals surface area contributed by atoms with Crippen LogP contribution in [0.1, 0.15) is 17.8 Å². The summed E-state index contributed by atoms with van der Waals surface area (Å²) in [5.41, 5.74) is 1.78. The number of esters is 1. The van der Waals surface area contributed by atoms with Crippen molar-refractivity contribution in [3.05, 3.63) is 17.6 Å². The van der Waals surface area contributed by atoms with Crippen LogP contribution in [0.25, 0.3) is 0 Å². The van der Waals surface area contributed by atoms with E-state index in [4.69, 9.17) is 4.74 Å². The lowest BCUT2D eigenvalue weighted by Gasteiger charge is -2.33. The van der Waals surface area contributed by atoms with Crippen molar-refractivity contribution in [2.75, 3.05) is 31.7 Å². The molecule has 1 aromatic heterocycles. The lowest BCUT2D eigenvalue weighted by atomic mass is 10.2. The summed E-state index contributed by atoms with van der Waals surface area (Å²) in [4.78, 5) is 22.3. The van der Waals surface area contributed by atoms with Gasteiger partial charge in [0, 0.05) is 19.3 Å². The van der Waals surface area contributed by atoms with Gasteiger partial charge in [-0.25, -0.2) is 4.98 Å². The van der Waals surface area contributed by atoms with Crippen LogP contribution in [-0.4, -0.2) is 48.8 Å². The highest BCUT2D eigenvalue weighted by Crippen LogP contribution is 2.19. The van der Waals surface area contributed by atoms with Crippen molar-refractivity contribution < 1.29 is 14.3 Å². The number of methoxy groups -OCH3 is 1. The molecule has 6 heteroatoms. The highest BCUT2D eigenvalue weighted by molar-refractivity contribution is 5.70. The average molecular weight is 265 g/mol. The summed E-state index contributed by atoms with van der Waals surface area (Å²) in [6, 6.07) is 0. The summed E-state index contributed by atoms with van der Waals surface area (Å²) < 4.78 is 10.3. The standard InChI is InChI=1S/C13H19N3O3/c1-9-7-14-10(2)13(15-9)16-4-5-19-11(8-16)6-12(17)18-3/h7,11H,4-6,8H2,1-3H3. The van der Waals surface area contributed by atoms with Gasteiger partial charge in [-0.1, -0.05) is 0 Å². The molecule has 1 unspecified atom stereocenters. The fourth-order valence-electron chi connectivity index (χ4n) is 2.13. The third kappa shape index (κ3) is 3.41. The van der Waals surface area contributed by atoms with Gasteiger partial charge in [0.15, 0.2) is 5.82 Å². The van der Waals surface area contributed by atoms with Crippen molar-refractivity contribution in [1.82, 2.24) is 9.97 Å². The molecule has 1 atom stereocenters. The zero-order chi connectivity index (χ0) is 13.8. The van der Waals surface area contributed by atoms with Gasteiger partial charge < -0.3 is 14.4 Å². The van der Waals surface area contributed by atoms with Crippen molar-refractivity contribution in [3.63, 3.8) is 0 Å². The Morgan fingerprint density at radius 1 is 1.58 bits per heavy atom. The van der Waals surface area contributed by atoms with E-state index in [1.807, 2.05) is 13.8 Å². The Morgan fingerprint density at radius 3 is 3.11 bits per heavy atom. The number of rotatable bonds is 3. The molecule has 6 nitrogen and oxygen atoms in total. The van der Waals surface area contributed by atoms with E-state index in [1.54, 1.807) is 6.20 Å². The van der Waals surface area contributed by atoms with Gasteiger partial charge in [-0.15, -0.1) is 0 Å². The maximum Gasteiger partial charge on any atom is 0.308 e. The third-order valence-electron chi connectivity index (χ3n) is 3.11. The van der Waals surface area contributed by atoms with Crippen LogP contribution in [0.3, 0.4) is 0 Å². The van der Waals surface area contributed by atoms with Gasteiger partial charge in [0.2, 0.25) is 0 Å². The molecular weight excluding hydrogens is 246 g/mol. The molecule has 0 bridgehead atoms. The Hall–Kier alpha value is -1.69. The monoisotopic (exact) mass is 265 g/mol. The van der Waals surface area contributed by atoms with Crippen LogP contribution in [0.4, 0.5) is 5.82 Å². The molecule has 0 aromatic carbocycles. The SMILES string of the molecule is COC(=O)CC1CN(c2nc(C)cnc2C)CCO1. The summed E-state index contributed by atoms with van der Waals surface area (Å²) in [5, 5.41) is 0. The Kier molecular flexibility index (Phi) is 4.31. The summed E-state index contributed by atoms with van der Waals surface area (Å²) in [6.07, 6.45) is 1.87. The van der Waals surface area contributed by atoms with E-state index in [2.05, 4.69) is 19.6 Å². The van der Waals surface area contributed by atoms with E-state index in [0.717, 1.165) is 23.8 Å². The molecule has 104 valence electrons. The average Bonchev–Trinajstić information content (AvgIpc) is 2.41. The van der Waals surface area contributed by atoms with E-state index < -0.39 is 0 Å². The normalized spacial score (nSPS) is 19.3. The Balaban J connectivity index is 2.08. The third-order valence-corrected chi connectivity index (χ3v) is 3.11. The number of anilines is 1. The summed E-state index contributed by atoms with van der Waals surface area (Å²) in [5.74, 6) is 0.622. The molecule has 1 fully saturated rings. The predicted octanol–water partition coefficient (Wildman–Crippen LogP) is 0.862. The molecule has 0 spiro atoms. The van der Waals surface area contributed by atoms with Crippen LogP contribution < -0.4 is 4.90 Å². The smallest absolute Gasteiger partial charge is 0.308 e. The van der Waals surface area contributed by atoms with Crippen molar-refractivity contribution in [1.29, 1.82) is 0 Å². The minimum atomic E-state index is -0.251. The number of aryl methyl sites for hydroxylation is 2. The number of carbonyl (C=O) groups excluding carboxylic acids is 1. The van der Waals surface area contributed by atoms with E-state index >= 15 is 0 Å². The summed E-state index contributed by atoms with van der Waals surface area (Å²) in [6.45, 7) is 5.83. The first kappa shape index (κ1) is 13.7. The number of hydrogen-bond acceptors (Lipinski definition) is 6. The first-order valence-electron chi connectivity index (χ1n) is 6.33. The van der Waals surface area contributed by atoms with Gasteiger partial charge in [-0.05, 0) is 13.8 Å². The molecule has 0 aliphatic carbocycles. The van der Waals surface area contributed by atoms with Crippen molar-refractivity contribution in [3.8, 4) is 0 Å². The summed E-state index contributed by atoms with van der Waals surface area (Å²) in [7, 11) is 1.39. The van der Waals surface area contributed by atoms with Crippen LogP contribution in [0.15, 0.2) is 6.20 Å². The first-order valence-corrected chi connectivity index (χ1v) is 6.33. The lowest BCUT2D eigenvalue weighted by Crippen LogP contribution is -2.44. The molecule has 0 N–H and O–H groups in total. The molecule has 0 amide bonds. The van der Waals surface area contributed by atoms with Gasteiger partial charge >= 0.3 is 5.97 Å². The number of hydrogen-bond donors (Lipinski definition) is 0. The van der Waals surface area contributed by atoms with Crippen molar-refractivity contribution >= 4 is 11.8 Å². The van der Waals surface area contributed by atoms with E-state index in [1.165, 1.54) is 7.11 Å². The minimum Gasteiger partial charge on any atom is -0.469 e. The van der Waals surface area contributed by atoms with Crippen molar-refractivity contribution in [2.45, 2.75) is 26.4 Å². The zero-order valence-corrected chi connectivity index (χ0v) is 11.5. The van der Waals surface area contributed by atoms with Gasteiger partial charge in [0.1, 0.15) is 0 Å². The van der Waals surface area contributed by atoms with Gasteiger partial charge in [-0.3, -0.25) is 9.78 Å². The largest absolute Gasteiger partial charge is 0.469 e. The summed E-state index contributed by atoms with van der Waals surface area (Å²) >= 11 is 0. The van der Waals surface area contributed by atoms with E-state index in [-0.39, 0.29) is 18.5 Å². The molecule has 2 rings (SSSR count).